The molecule has 0 aliphatic carbocycles. The third-order valence-corrected chi connectivity index (χ3v) is 4.74. The first-order valence-electron chi connectivity index (χ1n) is 8.05. The molecule has 6 nitrogen and oxygen atoms in total. The van der Waals surface area contributed by atoms with Crippen molar-refractivity contribution >= 4 is 5.91 Å². The summed E-state index contributed by atoms with van der Waals surface area (Å²) in [5.74, 6) is 1.72. The van der Waals surface area contributed by atoms with Gasteiger partial charge >= 0.3 is 0 Å². The van der Waals surface area contributed by atoms with E-state index in [2.05, 4.69) is 30.9 Å². The van der Waals surface area contributed by atoms with Crippen molar-refractivity contribution in [1.82, 2.24) is 15.0 Å². The molecule has 0 saturated carbocycles. The van der Waals surface area contributed by atoms with Gasteiger partial charge in [0.05, 0.1) is 12.0 Å². The summed E-state index contributed by atoms with van der Waals surface area (Å²) in [5.41, 5.74) is 0.0471. The maximum Gasteiger partial charge on any atom is 0.230 e. The molecule has 1 aromatic heterocycles. The molecule has 1 aromatic rings. The Morgan fingerprint density at radius 2 is 2.05 bits per heavy atom. The van der Waals surface area contributed by atoms with Gasteiger partial charge in [0, 0.05) is 32.5 Å². The molecule has 0 aromatic carbocycles. The first kappa shape index (κ1) is 15.5. The van der Waals surface area contributed by atoms with E-state index in [0.29, 0.717) is 12.3 Å². The highest BCUT2D eigenvalue weighted by atomic mass is 16.5. The van der Waals surface area contributed by atoms with E-state index in [1.807, 2.05) is 7.05 Å². The van der Waals surface area contributed by atoms with Crippen LogP contribution in [-0.4, -0.2) is 47.3 Å². The number of ether oxygens (including phenoxy) is 1. The molecule has 0 radical (unpaired) electrons. The van der Waals surface area contributed by atoms with Gasteiger partial charge in [0.15, 0.2) is 5.82 Å². The quantitative estimate of drug-likeness (QED) is 0.838. The highest BCUT2D eigenvalue weighted by molar-refractivity contribution is 5.77. The van der Waals surface area contributed by atoms with Gasteiger partial charge < -0.3 is 14.2 Å². The number of rotatable bonds is 2. The Balaban J connectivity index is 1.75. The minimum Gasteiger partial charge on any atom is -0.377 e. The average Bonchev–Trinajstić information content (AvgIpc) is 3.08. The lowest BCUT2D eigenvalue weighted by atomic mass is 9.81. The second kappa shape index (κ2) is 5.65. The number of aromatic nitrogens is 2. The average molecular weight is 307 g/mol. The van der Waals surface area contributed by atoms with Crippen LogP contribution in [-0.2, 0) is 9.53 Å². The highest BCUT2D eigenvalue weighted by Gasteiger charge is 2.41. The summed E-state index contributed by atoms with van der Waals surface area (Å²) in [6.07, 6.45) is 2.38. The highest BCUT2D eigenvalue weighted by Crippen LogP contribution is 2.40. The van der Waals surface area contributed by atoms with E-state index in [1.165, 1.54) is 0 Å². The fourth-order valence-corrected chi connectivity index (χ4v) is 3.42. The molecule has 2 aliphatic rings. The van der Waals surface area contributed by atoms with Crippen molar-refractivity contribution in [2.24, 2.45) is 5.41 Å². The number of nitrogens with zero attached hydrogens (tertiary/aromatic N) is 3. The zero-order valence-electron chi connectivity index (χ0n) is 13.8. The predicted molar refractivity (Wildman–Crippen MR) is 80.5 cm³/mol. The molecule has 0 N–H and O–H groups in total. The molecule has 2 fully saturated rings. The van der Waals surface area contributed by atoms with Gasteiger partial charge in [0.2, 0.25) is 11.8 Å². The van der Waals surface area contributed by atoms with E-state index < -0.39 is 0 Å². The number of amides is 1. The number of likely N-dealkylation sites (tertiary alicyclic amines) is 1. The third-order valence-electron chi connectivity index (χ3n) is 4.74. The minimum atomic E-state index is 0.0471. The van der Waals surface area contributed by atoms with Gasteiger partial charge in [-0.15, -0.1) is 0 Å². The van der Waals surface area contributed by atoms with E-state index in [0.717, 1.165) is 31.8 Å². The minimum absolute atomic E-state index is 0.0471. The van der Waals surface area contributed by atoms with E-state index in [-0.39, 0.29) is 29.3 Å². The summed E-state index contributed by atoms with van der Waals surface area (Å²) >= 11 is 0. The van der Waals surface area contributed by atoms with Crippen LogP contribution in [0.1, 0.15) is 63.6 Å². The molecule has 1 amide bonds. The normalized spacial score (nSPS) is 30.1. The first-order chi connectivity index (χ1) is 10.4. The lowest BCUT2D eigenvalue weighted by Gasteiger charge is -2.29. The van der Waals surface area contributed by atoms with E-state index >= 15 is 0 Å². The molecule has 2 aliphatic heterocycles. The number of carbonyl (C=O) groups excluding carboxylic acids is 1. The number of piperidine rings is 1. The molecule has 0 unspecified atom stereocenters. The van der Waals surface area contributed by atoms with Crippen LogP contribution in [0.3, 0.4) is 0 Å². The molecule has 0 bridgehead atoms. The standard InChI is InChI=1S/C16H25N3O3/c1-16(2,3)13-11(6-8-21-13)14-17-15(22-18-14)10-5-7-19(4)12(20)9-10/h10-11,13H,5-9H2,1-4H3/t10-,11+,13+/m1/s1. The smallest absolute Gasteiger partial charge is 0.230 e. The molecule has 0 spiro atoms. The lowest BCUT2D eigenvalue weighted by molar-refractivity contribution is -0.132. The topological polar surface area (TPSA) is 68.5 Å². The Labute approximate surface area is 131 Å². The Morgan fingerprint density at radius 1 is 1.27 bits per heavy atom. The number of hydrogen-bond acceptors (Lipinski definition) is 5. The van der Waals surface area contributed by atoms with Gasteiger partial charge in [-0.3, -0.25) is 4.79 Å². The Bertz CT molecular complexity index is 549. The van der Waals surface area contributed by atoms with Crippen LogP contribution in [0.25, 0.3) is 0 Å². The maximum atomic E-state index is 11.8. The summed E-state index contributed by atoms with van der Waals surface area (Å²) in [6, 6.07) is 0. The van der Waals surface area contributed by atoms with Crippen molar-refractivity contribution < 1.29 is 14.1 Å². The second-order valence-electron chi connectivity index (χ2n) is 7.55. The largest absolute Gasteiger partial charge is 0.377 e. The fraction of sp³-hybridized carbons (Fsp3) is 0.812. The van der Waals surface area contributed by atoms with Gasteiger partial charge in [-0.05, 0) is 18.3 Å². The SMILES string of the molecule is CN1CC[C@@H](c2nc([C@H]3CCO[C@@H]3C(C)(C)C)no2)CC1=O. The molecule has 122 valence electrons. The zero-order chi connectivity index (χ0) is 15.9. The summed E-state index contributed by atoms with van der Waals surface area (Å²) in [5, 5.41) is 4.19. The van der Waals surface area contributed by atoms with E-state index in [4.69, 9.17) is 9.26 Å². The predicted octanol–water partition coefficient (Wildman–Crippen LogP) is 2.32. The van der Waals surface area contributed by atoms with Crippen LogP contribution in [0.15, 0.2) is 4.52 Å². The Hall–Kier alpha value is -1.43. The molecule has 3 rings (SSSR count). The van der Waals surface area contributed by atoms with Crippen molar-refractivity contribution in [2.75, 3.05) is 20.2 Å². The van der Waals surface area contributed by atoms with Crippen LogP contribution in [0.5, 0.6) is 0 Å². The molecule has 22 heavy (non-hydrogen) atoms. The number of carbonyl (C=O) groups is 1. The van der Waals surface area contributed by atoms with Gasteiger partial charge in [0.25, 0.3) is 0 Å². The molecular formula is C16H25N3O3. The molecule has 2 saturated heterocycles. The van der Waals surface area contributed by atoms with Crippen LogP contribution in [0.2, 0.25) is 0 Å². The van der Waals surface area contributed by atoms with Crippen LogP contribution >= 0.6 is 0 Å². The van der Waals surface area contributed by atoms with Crippen LogP contribution in [0, 0.1) is 5.41 Å². The summed E-state index contributed by atoms with van der Waals surface area (Å²) in [4.78, 5) is 18.2. The Morgan fingerprint density at radius 3 is 2.73 bits per heavy atom. The van der Waals surface area contributed by atoms with Gasteiger partial charge in [-0.25, -0.2) is 0 Å². The Kier molecular flexibility index (Phi) is 3.97. The monoisotopic (exact) mass is 307 g/mol. The van der Waals surface area contributed by atoms with Crippen LogP contribution in [0.4, 0.5) is 0 Å². The summed E-state index contributed by atoms with van der Waals surface area (Å²) < 4.78 is 11.4. The molecule has 3 heterocycles. The van der Waals surface area contributed by atoms with Gasteiger partial charge in [-0.2, -0.15) is 4.98 Å². The van der Waals surface area contributed by atoms with Crippen molar-refractivity contribution in [3.05, 3.63) is 11.7 Å². The second-order valence-corrected chi connectivity index (χ2v) is 7.55. The summed E-state index contributed by atoms with van der Waals surface area (Å²) in [7, 11) is 1.83. The molecule has 3 atom stereocenters. The first-order valence-corrected chi connectivity index (χ1v) is 8.05. The van der Waals surface area contributed by atoms with Gasteiger partial charge in [0.1, 0.15) is 0 Å². The maximum absolute atomic E-state index is 11.8. The third kappa shape index (κ3) is 2.89. The van der Waals surface area contributed by atoms with Crippen molar-refractivity contribution in [3.8, 4) is 0 Å². The molecule has 6 heteroatoms. The van der Waals surface area contributed by atoms with E-state index in [9.17, 15) is 4.79 Å². The molecular weight excluding hydrogens is 282 g/mol. The van der Waals surface area contributed by atoms with Crippen molar-refractivity contribution in [2.45, 2.75) is 58.0 Å². The summed E-state index contributed by atoms with van der Waals surface area (Å²) in [6.45, 7) is 8.01. The zero-order valence-corrected chi connectivity index (χ0v) is 13.8. The van der Waals surface area contributed by atoms with Gasteiger partial charge in [-0.1, -0.05) is 25.9 Å². The van der Waals surface area contributed by atoms with Crippen LogP contribution < -0.4 is 0 Å². The van der Waals surface area contributed by atoms with Crippen molar-refractivity contribution in [3.63, 3.8) is 0 Å². The van der Waals surface area contributed by atoms with E-state index in [1.54, 1.807) is 4.90 Å². The van der Waals surface area contributed by atoms with Crippen molar-refractivity contribution in [1.29, 1.82) is 0 Å². The fourth-order valence-electron chi connectivity index (χ4n) is 3.42. The lowest BCUT2D eigenvalue weighted by Crippen LogP contribution is -2.34. The number of hydrogen-bond donors (Lipinski definition) is 0.